The number of aliphatic hydroxyl groups excluding tert-OH is 2. The van der Waals surface area contributed by atoms with E-state index < -0.39 is 18.1 Å². The Hall–Kier alpha value is -4.02. The molecule has 2 atom stereocenters. The second kappa shape index (κ2) is 11.2. The Bertz CT molecular complexity index is 1490. The first-order valence-corrected chi connectivity index (χ1v) is 13.3. The minimum Gasteiger partial charge on any atom is -0.491 e. The largest absolute Gasteiger partial charge is 0.491 e. The fraction of sp³-hybridized carbons (Fsp3) is 0.233. The summed E-state index contributed by atoms with van der Waals surface area (Å²) >= 11 is 6.40. The van der Waals surface area contributed by atoms with E-state index in [0.717, 1.165) is 40.2 Å². The van der Waals surface area contributed by atoms with E-state index in [1.807, 2.05) is 41.3 Å². The van der Waals surface area contributed by atoms with Crippen LogP contribution in [0, 0.1) is 0 Å². The summed E-state index contributed by atoms with van der Waals surface area (Å²) in [5.74, 6) is 0.130. The topological polar surface area (TPSA) is 137 Å². The van der Waals surface area contributed by atoms with E-state index in [9.17, 15) is 9.90 Å². The van der Waals surface area contributed by atoms with Crippen molar-refractivity contribution in [2.24, 2.45) is 5.73 Å². The lowest BCUT2D eigenvalue weighted by atomic mass is 9.86. The van der Waals surface area contributed by atoms with Crippen LogP contribution in [0.3, 0.4) is 0 Å². The number of nitrogens with zero attached hydrogens (tertiary/aromatic N) is 2. The summed E-state index contributed by atoms with van der Waals surface area (Å²) < 4.78 is 5.57. The fourth-order valence-electron chi connectivity index (χ4n) is 5.28. The summed E-state index contributed by atoms with van der Waals surface area (Å²) in [6.07, 6.45) is 0.526. The van der Waals surface area contributed by atoms with E-state index in [2.05, 4.69) is 18.0 Å². The maximum absolute atomic E-state index is 12.6. The Morgan fingerprint density at radius 1 is 1.18 bits per heavy atom. The monoisotopic (exact) mass is 561 g/mol. The number of primary amides is 1. The van der Waals surface area contributed by atoms with Crippen molar-refractivity contribution in [2.45, 2.75) is 25.0 Å². The molecule has 3 aromatic carbocycles. The first-order valence-electron chi connectivity index (χ1n) is 12.9. The Balaban J connectivity index is 1.49. The molecule has 1 amide bonds. The van der Waals surface area contributed by atoms with Gasteiger partial charge in [0.15, 0.2) is 0 Å². The fourth-order valence-corrected chi connectivity index (χ4v) is 5.51. The average molecular weight is 562 g/mol. The van der Waals surface area contributed by atoms with Crippen molar-refractivity contribution >= 4 is 46.0 Å². The van der Waals surface area contributed by atoms with Gasteiger partial charge in [-0.25, -0.2) is 5.01 Å². The number of fused-ring (bicyclic) bond motifs is 2. The molecule has 0 fully saturated rings. The SMILES string of the molecule is C=C(Nc1ccc2c(c1)C1=C(CC2)C(C(N)=O)N(C)N1c1ccc(OCC(O)CO)cc1)c1cc(N)ccc1Cl. The lowest BCUT2D eigenvalue weighted by Crippen LogP contribution is -2.46. The van der Waals surface area contributed by atoms with Gasteiger partial charge < -0.3 is 31.7 Å². The Morgan fingerprint density at radius 3 is 2.62 bits per heavy atom. The predicted octanol–water partition coefficient (Wildman–Crippen LogP) is 3.62. The number of hydrogen-bond donors (Lipinski definition) is 5. The van der Waals surface area contributed by atoms with E-state index in [1.54, 1.807) is 30.3 Å². The van der Waals surface area contributed by atoms with Gasteiger partial charge in [0.1, 0.15) is 24.5 Å². The standard InChI is InChI=1S/C30H32ClN5O4/c1-17(25-13-19(32)5-12-27(25)31)34-20-6-3-18-4-11-24-28(26(18)14-20)36(35(2)29(24)30(33)39)21-7-9-23(10-8-21)40-16-22(38)15-37/h3,5-10,12-14,22,29,34,37-38H,1,4,11,15-16,32H2,2H3,(H2,33,39). The molecule has 2 aliphatic rings. The van der Waals surface area contributed by atoms with Gasteiger partial charge >= 0.3 is 0 Å². The van der Waals surface area contributed by atoms with Gasteiger partial charge in [-0.1, -0.05) is 24.2 Å². The van der Waals surface area contributed by atoms with Crippen molar-refractivity contribution in [3.8, 4) is 5.75 Å². The van der Waals surface area contributed by atoms with Crippen molar-refractivity contribution in [1.82, 2.24) is 5.01 Å². The first-order chi connectivity index (χ1) is 19.2. The van der Waals surface area contributed by atoms with Crippen molar-refractivity contribution < 1.29 is 19.7 Å². The highest BCUT2D eigenvalue weighted by atomic mass is 35.5. The zero-order valence-corrected chi connectivity index (χ0v) is 22.9. The van der Waals surface area contributed by atoms with Crippen LogP contribution >= 0.6 is 11.6 Å². The van der Waals surface area contributed by atoms with Crippen LogP contribution in [-0.2, 0) is 11.2 Å². The number of benzene rings is 3. The van der Waals surface area contributed by atoms with Crippen molar-refractivity contribution in [3.63, 3.8) is 0 Å². The summed E-state index contributed by atoms with van der Waals surface area (Å²) in [5, 5.41) is 26.4. The van der Waals surface area contributed by atoms with Crippen LogP contribution in [0.2, 0.25) is 5.02 Å². The number of nitrogen functional groups attached to an aromatic ring is 1. The van der Waals surface area contributed by atoms with Crippen LogP contribution in [0.5, 0.6) is 5.75 Å². The molecule has 40 heavy (non-hydrogen) atoms. The molecule has 0 saturated carbocycles. The number of rotatable bonds is 9. The normalized spacial score (nSPS) is 17.3. The number of hydrogen-bond acceptors (Lipinski definition) is 8. The highest BCUT2D eigenvalue weighted by Crippen LogP contribution is 2.45. The van der Waals surface area contributed by atoms with E-state index in [0.29, 0.717) is 34.1 Å². The lowest BCUT2D eigenvalue weighted by molar-refractivity contribution is -0.121. The van der Waals surface area contributed by atoms with Crippen molar-refractivity contribution in [2.75, 3.05) is 36.3 Å². The number of nitrogens with one attached hydrogen (secondary N) is 1. The number of likely N-dealkylation sites (N-methyl/N-ethyl adjacent to an activating group) is 1. The molecule has 0 saturated heterocycles. The molecule has 1 aliphatic heterocycles. The van der Waals surface area contributed by atoms with Gasteiger partial charge in [-0.2, -0.15) is 0 Å². The van der Waals surface area contributed by atoms with Crippen LogP contribution in [-0.4, -0.2) is 53.5 Å². The third kappa shape index (κ3) is 5.24. The summed E-state index contributed by atoms with van der Waals surface area (Å²) in [4.78, 5) is 12.6. The molecule has 1 heterocycles. The highest BCUT2D eigenvalue weighted by molar-refractivity contribution is 6.32. The molecule has 3 aromatic rings. The zero-order chi connectivity index (χ0) is 28.6. The molecule has 0 spiro atoms. The van der Waals surface area contributed by atoms with Crippen LogP contribution in [0.4, 0.5) is 17.1 Å². The second-order valence-corrected chi connectivity index (χ2v) is 10.3. The Labute approximate surface area is 237 Å². The van der Waals surface area contributed by atoms with Crippen LogP contribution in [0.1, 0.15) is 23.1 Å². The third-order valence-corrected chi connectivity index (χ3v) is 7.51. The summed E-state index contributed by atoms with van der Waals surface area (Å²) in [7, 11) is 1.85. The molecule has 2 unspecified atom stereocenters. The molecule has 0 bridgehead atoms. The van der Waals surface area contributed by atoms with E-state index in [-0.39, 0.29) is 13.2 Å². The third-order valence-electron chi connectivity index (χ3n) is 7.18. The van der Waals surface area contributed by atoms with E-state index in [4.69, 9.17) is 32.9 Å². The molecular weight excluding hydrogens is 530 g/mol. The second-order valence-electron chi connectivity index (χ2n) is 9.92. The molecule has 9 nitrogen and oxygen atoms in total. The molecule has 1 aliphatic carbocycles. The van der Waals surface area contributed by atoms with Crippen LogP contribution in [0.25, 0.3) is 11.4 Å². The van der Waals surface area contributed by atoms with Gasteiger partial charge in [-0.15, -0.1) is 0 Å². The summed E-state index contributed by atoms with van der Waals surface area (Å²) in [5.41, 5.74) is 19.4. The molecular formula is C30H32ClN5O4. The molecule has 7 N–H and O–H groups in total. The summed E-state index contributed by atoms with van der Waals surface area (Å²) in [6.45, 7) is 3.77. The molecule has 208 valence electrons. The number of hydrazine groups is 1. The number of ether oxygens (including phenoxy) is 1. The highest BCUT2D eigenvalue weighted by Gasteiger charge is 2.43. The van der Waals surface area contributed by atoms with Crippen LogP contribution < -0.4 is 26.5 Å². The lowest BCUT2D eigenvalue weighted by Gasteiger charge is -2.32. The van der Waals surface area contributed by atoms with Gasteiger partial charge in [-0.05, 0) is 78.6 Å². The average Bonchev–Trinajstić information content (AvgIpc) is 3.25. The number of aliphatic hydroxyl groups is 2. The summed E-state index contributed by atoms with van der Waals surface area (Å²) in [6, 6.07) is 18.1. The number of nitrogens with two attached hydrogens (primary N) is 2. The van der Waals surface area contributed by atoms with Crippen molar-refractivity contribution in [1.29, 1.82) is 0 Å². The number of anilines is 3. The number of carbonyl (C=O) groups is 1. The van der Waals surface area contributed by atoms with Gasteiger partial charge in [-0.3, -0.25) is 9.80 Å². The minimum atomic E-state index is -0.957. The molecule has 5 rings (SSSR count). The molecule has 0 aromatic heterocycles. The van der Waals surface area contributed by atoms with E-state index in [1.165, 1.54) is 0 Å². The van der Waals surface area contributed by atoms with E-state index >= 15 is 0 Å². The Kier molecular flexibility index (Phi) is 7.73. The maximum atomic E-state index is 12.6. The zero-order valence-electron chi connectivity index (χ0n) is 22.1. The number of aryl methyl sites for hydroxylation is 1. The van der Waals surface area contributed by atoms with Crippen molar-refractivity contribution in [3.05, 3.63) is 94.5 Å². The van der Waals surface area contributed by atoms with Crippen LogP contribution in [0.15, 0.2) is 72.8 Å². The number of halogens is 1. The number of carbonyl (C=O) groups excluding carboxylic acids is 1. The molecule has 10 heteroatoms. The maximum Gasteiger partial charge on any atom is 0.240 e. The quantitative estimate of drug-likeness (QED) is 0.250. The smallest absolute Gasteiger partial charge is 0.240 e. The predicted molar refractivity (Wildman–Crippen MR) is 158 cm³/mol. The van der Waals surface area contributed by atoms with Gasteiger partial charge in [0, 0.05) is 35.2 Å². The van der Waals surface area contributed by atoms with Gasteiger partial charge in [0.2, 0.25) is 5.91 Å². The Morgan fingerprint density at radius 2 is 1.93 bits per heavy atom. The minimum absolute atomic E-state index is 0.0201. The number of amides is 1. The first kappa shape index (κ1) is 27.5. The van der Waals surface area contributed by atoms with Gasteiger partial charge in [0.05, 0.1) is 23.0 Å². The molecule has 0 radical (unpaired) electrons. The van der Waals surface area contributed by atoms with Gasteiger partial charge in [0.25, 0.3) is 0 Å².